The highest BCUT2D eigenvalue weighted by Crippen LogP contribution is 2.47. The second-order valence-electron chi connectivity index (χ2n) is 1.99. The summed E-state index contributed by atoms with van der Waals surface area (Å²) in [5.74, 6) is -3.39. The van der Waals surface area contributed by atoms with Crippen LogP contribution in [0.15, 0.2) is 11.9 Å². The molecule has 0 aromatic carbocycles. The first-order chi connectivity index (χ1) is 5.66. The lowest BCUT2D eigenvalue weighted by molar-refractivity contribution is 0.230. The average Bonchev–Trinajstić information content (AvgIpc) is 2.02. The first kappa shape index (κ1) is 13.6. The smallest absolute Gasteiger partial charge is 0.215 e. The molecule has 0 aromatic heterocycles. The zero-order valence-electron chi connectivity index (χ0n) is 5.73. The van der Waals surface area contributed by atoms with Crippen molar-refractivity contribution in [1.29, 1.82) is 0 Å². The van der Waals surface area contributed by atoms with Crippen molar-refractivity contribution in [1.82, 2.24) is 0 Å². The van der Waals surface area contributed by atoms with Crippen LogP contribution in [-0.2, 0) is 0 Å². The van der Waals surface area contributed by atoms with Gasteiger partial charge >= 0.3 is 6.08 Å². The van der Waals surface area contributed by atoms with Crippen LogP contribution in [0.2, 0.25) is 0 Å². The van der Waals surface area contributed by atoms with E-state index >= 15 is 0 Å². The topological polar surface area (TPSA) is 0 Å². The van der Waals surface area contributed by atoms with Crippen LogP contribution in [0.3, 0.4) is 0 Å². The van der Waals surface area contributed by atoms with Crippen molar-refractivity contribution < 1.29 is 17.6 Å². The van der Waals surface area contributed by atoms with Gasteiger partial charge in [0.25, 0.3) is 5.13 Å². The van der Waals surface area contributed by atoms with Crippen molar-refractivity contribution in [3.63, 3.8) is 0 Å². The third-order valence-electron chi connectivity index (χ3n) is 1.07. The van der Waals surface area contributed by atoms with Crippen molar-refractivity contribution in [2.45, 2.75) is 9.46 Å². The quantitative estimate of drug-likeness (QED) is 0.531. The van der Waals surface area contributed by atoms with E-state index in [9.17, 15) is 17.6 Å². The van der Waals surface area contributed by atoms with Gasteiger partial charge in [0.15, 0.2) is 4.33 Å². The molecule has 1 unspecified atom stereocenters. The molecule has 0 bridgehead atoms. The fourth-order valence-electron chi connectivity index (χ4n) is 0.363. The first-order valence-electron chi connectivity index (χ1n) is 2.69. The van der Waals surface area contributed by atoms with Gasteiger partial charge in [0.2, 0.25) is 5.83 Å². The average molecular weight is 280 g/mol. The molecule has 0 saturated heterocycles. The highest BCUT2D eigenvalue weighted by molar-refractivity contribution is 6.56. The summed E-state index contributed by atoms with van der Waals surface area (Å²) in [4.78, 5) is 0. The summed E-state index contributed by atoms with van der Waals surface area (Å²) in [5.41, 5.74) is 0. The Morgan fingerprint density at radius 1 is 1.08 bits per heavy atom. The molecule has 0 spiro atoms. The fourth-order valence-corrected chi connectivity index (χ4v) is 0.920. The van der Waals surface area contributed by atoms with E-state index < -0.39 is 27.2 Å². The van der Waals surface area contributed by atoms with Crippen molar-refractivity contribution in [3.8, 4) is 0 Å². The minimum Gasteiger partial charge on any atom is -0.215 e. The Morgan fingerprint density at radius 2 is 1.46 bits per heavy atom. The summed E-state index contributed by atoms with van der Waals surface area (Å²) in [6, 6.07) is 0. The van der Waals surface area contributed by atoms with Crippen molar-refractivity contribution >= 4 is 46.4 Å². The van der Waals surface area contributed by atoms with Crippen molar-refractivity contribution in [2.24, 2.45) is 0 Å². The van der Waals surface area contributed by atoms with Crippen LogP contribution in [0.25, 0.3) is 0 Å². The number of hydrogen-bond donors (Lipinski definition) is 0. The number of hydrogen-bond acceptors (Lipinski definition) is 0. The molecule has 0 heterocycles. The zero-order chi connectivity index (χ0) is 10.9. The summed E-state index contributed by atoms with van der Waals surface area (Å²) >= 11 is 19.9. The van der Waals surface area contributed by atoms with Crippen LogP contribution in [0.5, 0.6) is 0 Å². The van der Waals surface area contributed by atoms with E-state index in [1.807, 2.05) is 0 Å². The normalized spacial score (nSPS) is 16.6. The van der Waals surface area contributed by atoms with Crippen LogP contribution >= 0.6 is 46.4 Å². The second-order valence-corrected chi connectivity index (χ2v) is 4.26. The van der Waals surface area contributed by atoms with Gasteiger partial charge in [-0.2, -0.15) is 8.78 Å². The van der Waals surface area contributed by atoms with Gasteiger partial charge in [0.1, 0.15) is 0 Å². The van der Waals surface area contributed by atoms with Gasteiger partial charge in [-0.15, -0.1) is 11.6 Å². The summed E-state index contributed by atoms with van der Waals surface area (Å²) in [7, 11) is 0. The van der Waals surface area contributed by atoms with Crippen molar-refractivity contribution in [3.05, 3.63) is 11.9 Å². The van der Waals surface area contributed by atoms with Gasteiger partial charge in [0.05, 0.1) is 5.88 Å². The van der Waals surface area contributed by atoms with E-state index in [-0.39, 0.29) is 0 Å². The molecule has 0 fully saturated rings. The van der Waals surface area contributed by atoms with Crippen LogP contribution in [0.1, 0.15) is 0 Å². The Kier molecular flexibility index (Phi) is 4.64. The molecule has 0 aromatic rings. The van der Waals surface area contributed by atoms with E-state index in [0.29, 0.717) is 0 Å². The molecule has 0 N–H and O–H groups in total. The molecule has 78 valence electrons. The maximum atomic E-state index is 13.0. The maximum Gasteiger partial charge on any atom is 0.306 e. The summed E-state index contributed by atoms with van der Waals surface area (Å²) in [6.07, 6.45) is -2.94. The van der Waals surface area contributed by atoms with Gasteiger partial charge in [-0.25, -0.2) is 8.78 Å². The second kappa shape index (κ2) is 4.43. The third kappa shape index (κ3) is 2.78. The maximum absolute atomic E-state index is 13.0. The molecule has 0 saturated carbocycles. The van der Waals surface area contributed by atoms with E-state index in [4.69, 9.17) is 46.4 Å². The monoisotopic (exact) mass is 278 g/mol. The minimum atomic E-state index is -3.74. The standard InChI is InChI=1S/C5H2Cl4F4/c6-1-4(7,8)5(9,13)2(10)3(11)12/h1H2. The van der Waals surface area contributed by atoms with Gasteiger partial charge in [-0.05, 0) is 0 Å². The zero-order valence-corrected chi connectivity index (χ0v) is 8.75. The lowest BCUT2D eigenvalue weighted by Crippen LogP contribution is -2.39. The molecule has 0 aliphatic carbocycles. The lowest BCUT2D eigenvalue weighted by atomic mass is 10.2. The fraction of sp³-hybridized carbons (Fsp3) is 0.600. The van der Waals surface area contributed by atoms with Crippen molar-refractivity contribution in [2.75, 3.05) is 5.88 Å². The van der Waals surface area contributed by atoms with E-state index in [1.54, 1.807) is 0 Å². The highest BCUT2D eigenvalue weighted by Gasteiger charge is 2.54. The van der Waals surface area contributed by atoms with Gasteiger partial charge in [-0.3, -0.25) is 0 Å². The number of rotatable bonds is 3. The summed E-state index contributed by atoms with van der Waals surface area (Å²) < 4.78 is 46.0. The van der Waals surface area contributed by atoms with E-state index in [2.05, 4.69) is 0 Å². The van der Waals surface area contributed by atoms with E-state index in [1.165, 1.54) is 0 Å². The molecule has 0 radical (unpaired) electrons. The minimum absolute atomic E-state index is 0.850. The molecular weight excluding hydrogens is 278 g/mol. The highest BCUT2D eigenvalue weighted by atomic mass is 35.5. The SMILES string of the molecule is FC(F)=C(F)C(F)(Cl)C(Cl)(Cl)CCl. The predicted molar refractivity (Wildman–Crippen MR) is 45.2 cm³/mol. The Balaban J connectivity index is 5.09. The predicted octanol–water partition coefficient (Wildman–Crippen LogP) is 4.38. The molecule has 0 rings (SSSR count). The Morgan fingerprint density at radius 3 is 1.69 bits per heavy atom. The van der Waals surface area contributed by atoms with Crippen LogP contribution < -0.4 is 0 Å². The van der Waals surface area contributed by atoms with Crippen LogP contribution in [-0.4, -0.2) is 15.3 Å². The third-order valence-corrected chi connectivity index (χ3v) is 3.21. The number of allylic oxidation sites excluding steroid dienone is 1. The first-order valence-corrected chi connectivity index (χ1v) is 4.36. The summed E-state index contributed by atoms with van der Waals surface area (Å²) in [6.45, 7) is 0. The van der Waals surface area contributed by atoms with Crippen LogP contribution in [0.4, 0.5) is 17.6 Å². The molecule has 1 atom stereocenters. The lowest BCUT2D eigenvalue weighted by Gasteiger charge is -2.26. The van der Waals surface area contributed by atoms with Gasteiger partial charge < -0.3 is 0 Å². The number of halogens is 8. The molecule has 8 heteroatoms. The molecule has 0 aliphatic rings. The number of alkyl halides is 5. The van der Waals surface area contributed by atoms with E-state index in [0.717, 1.165) is 0 Å². The molecule has 13 heavy (non-hydrogen) atoms. The van der Waals surface area contributed by atoms with Gasteiger partial charge in [0, 0.05) is 0 Å². The Labute approximate surface area is 91.4 Å². The largest absolute Gasteiger partial charge is 0.306 e. The molecule has 0 amide bonds. The summed E-state index contributed by atoms with van der Waals surface area (Å²) in [5, 5.41) is -3.74. The molecule has 0 nitrogen and oxygen atoms in total. The van der Waals surface area contributed by atoms with Gasteiger partial charge in [-0.1, -0.05) is 34.8 Å². The van der Waals surface area contributed by atoms with Crippen LogP contribution in [0, 0.1) is 0 Å². The Bertz CT molecular complexity index is 221. The molecular formula is C5H2Cl4F4. The molecule has 0 aliphatic heterocycles. The Hall–Kier alpha value is 0.620.